The van der Waals surface area contributed by atoms with Crippen LogP contribution in [0.2, 0.25) is 5.02 Å². The molecule has 0 unspecified atom stereocenters. The van der Waals surface area contributed by atoms with E-state index in [4.69, 9.17) is 16.3 Å². The molecule has 0 aromatic heterocycles. The SMILES string of the molecule is CC(C)NC(=O)[C@H](C)Oc1ccc(S(=O)(=O)NCc2ccccc2Cl)cc1. The Morgan fingerprint density at radius 3 is 2.30 bits per heavy atom. The predicted octanol–water partition coefficient (Wildman–Crippen LogP) is 3.11. The smallest absolute Gasteiger partial charge is 0.260 e. The van der Waals surface area contributed by atoms with Crippen LogP contribution in [0.25, 0.3) is 0 Å². The topological polar surface area (TPSA) is 84.5 Å². The van der Waals surface area contributed by atoms with Gasteiger partial charge in [-0.15, -0.1) is 0 Å². The normalized spacial score (nSPS) is 12.6. The molecular formula is C19H23ClN2O4S. The second-order valence-electron chi connectivity index (χ2n) is 6.31. The Morgan fingerprint density at radius 1 is 1.07 bits per heavy atom. The van der Waals surface area contributed by atoms with Crippen LogP contribution in [0.1, 0.15) is 26.3 Å². The van der Waals surface area contributed by atoms with Crippen molar-refractivity contribution in [3.05, 3.63) is 59.1 Å². The average molecular weight is 411 g/mol. The maximum atomic E-state index is 12.4. The van der Waals surface area contributed by atoms with Crippen LogP contribution in [0, 0.1) is 0 Å². The molecule has 0 radical (unpaired) electrons. The molecule has 0 aliphatic heterocycles. The molecule has 2 aromatic rings. The van der Waals surface area contributed by atoms with Gasteiger partial charge in [0, 0.05) is 17.6 Å². The van der Waals surface area contributed by atoms with Gasteiger partial charge in [-0.2, -0.15) is 0 Å². The summed E-state index contributed by atoms with van der Waals surface area (Å²) in [5.41, 5.74) is 0.688. The summed E-state index contributed by atoms with van der Waals surface area (Å²) < 4.78 is 32.9. The first kappa shape index (κ1) is 21.2. The summed E-state index contributed by atoms with van der Waals surface area (Å²) in [6.07, 6.45) is -0.687. The van der Waals surface area contributed by atoms with Gasteiger partial charge in [0.15, 0.2) is 6.10 Å². The molecule has 6 nitrogen and oxygen atoms in total. The van der Waals surface area contributed by atoms with Gasteiger partial charge in [0.25, 0.3) is 5.91 Å². The van der Waals surface area contributed by atoms with Crippen LogP contribution in [0.4, 0.5) is 0 Å². The van der Waals surface area contributed by atoms with E-state index in [0.29, 0.717) is 16.3 Å². The maximum Gasteiger partial charge on any atom is 0.260 e. The highest BCUT2D eigenvalue weighted by atomic mass is 35.5. The molecule has 1 atom stereocenters. The number of nitrogens with one attached hydrogen (secondary N) is 2. The fourth-order valence-corrected chi connectivity index (χ4v) is 3.46. The molecule has 27 heavy (non-hydrogen) atoms. The van der Waals surface area contributed by atoms with Crippen molar-refractivity contribution in [2.24, 2.45) is 0 Å². The van der Waals surface area contributed by atoms with Crippen LogP contribution in [-0.2, 0) is 21.4 Å². The van der Waals surface area contributed by atoms with Gasteiger partial charge < -0.3 is 10.1 Å². The molecule has 2 aromatic carbocycles. The lowest BCUT2D eigenvalue weighted by molar-refractivity contribution is -0.127. The first-order valence-corrected chi connectivity index (χ1v) is 10.4. The van der Waals surface area contributed by atoms with Crippen LogP contribution in [0.3, 0.4) is 0 Å². The number of halogens is 1. The second-order valence-corrected chi connectivity index (χ2v) is 8.48. The van der Waals surface area contributed by atoms with E-state index in [0.717, 1.165) is 0 Å². The van der Waals surface area contributed by atoms with Crippen molar-refractivity contribution in [1.82, 2.24) is 10.0 Å². The molecule has 0 aliphatic rings. The molecule has 146 valence electrons. The van der Waals surface area contributed by atoms with Crippen molar-refractivity contribution in [1.29, 1.82) is 0 Å². The van der Waals surface area contributed by atoms with Crippen LogP contribution < -0.4 is 14.8 Å². The van der Waals surface area contributed by atoms with Gasteiger partial charge in [-0.3, -0.25) is 4.79 Å². The number of rotatable bonds is 8. The van der Waals surface area contributed by atoms with E-state index in [2.05, 4.69) is 10.0 Å². The van der Waals surface area contributed by atoms with Gasteiger partial charge in [0.2, 0.25) is 10.0 Å². The lowest BCUT2D eigenvalue weighted by Crippen LogP contribution is -2.40. The molecular weight excluding hydrogens is 388 g/mol. The minimum absolute atomic E-state index is 0.0141. The Balaban J connectivity index is 2.01. The van der Waals surface area contributed by atoms with Gasteiger partial charge in [-0.1, -0.05) is 29.8 Å². The fourth-order valence-electron chi connectivity index (χ4n) is 2.25. The van der Waals surface area contributed by atoms with Crippen molar-refractivity contribution in [2.45, 2.75) is 44.4 Å². The quantitative estimate of drug-likeness (QED) is 0.700. The highest BCUT2D eigenvalue weighted by molar-refractivity contribution is 7.89. The van der Waals surface area contributed by atoms with E-state index in [-0.39, 0.29) is 23.4 Å². The van der Waals surface area contributed by atoms with Crippen molar-refractivity contribution >= 4 is 27.5 Å². The van der Waals surface area contributed by atoms with Crippen molar-refractivity contribution < 1.29 is 17.9 Å². The highest BCUT2D eigenvalue weighted by Gasteiger charge is 2.17. The Kier molecular flexibility index (Phi) is 7.24. The van der Waals surface area contributed by atoms with Crippen LogP contribution in [-0.4, -0.2) is 26.5 Å². The average Bonchev–Trinajstić information content (AvgIpc) is 2.61. The van der Waals surface area contributed by atoms with Gasteiger partial charge in [-0.25, -0.2) is 13.1 Å². The molecule has 2 rings (SSSR count). The summed E-state index contributed by atoms with van der Waals surface area (Å²) in [7, 11) is -3.70. The van der Waals surface area contributed by atoms with Crippen molar-refractivity contribution in [3.8, 4) is 5.75 Å². The maximum absolute atomic E-state index is 12.4. The minimum atomic E-state index is -3.70. The van der Waals surface area contributed by atoms with Gasteiger partial charge in [0.1, 0.15) is 5.75 Å². The monoisotopic (exact) mass is 410 g/mol. The summed E-state index contributed by atoms with van der Waals surface area (Å²) in [6.45, 7) is 5.44. The number of benzene rings is 2. The molecule has 0 spiro atoms. The van der Waals surface area contributed by atoms with Gasteiger partial charge >= 0.3 is 0 Å². The number of amides is 1. The summed E-state index contributed by atoms with van der Waals surface area (Å²) in [5, 5.41) is 3.25. The Hall–Kier alpha value is -2.09. The highest BCUT2D eigenvalue weighted by Crippen LogP contribution is 2.19. The summed E-state index contributed by atoms with van der Waals surface area (Å²) >= 11 is 6.04. The molecule has 0 saturated heterocycles. The predicted molar refractivity (Wildman–Crippen MR) is 105 cm³/mol. The molecule has 0 heterocycles. The lowest BCUT2D eigenvalue weighted by Gasteiger charge is -2.16. The zero-order valence-electron chi connectivity index (χ0n) is 15.4. The number of hydrogen-bond donors (Lipinski definition) is 2. The standard InChI is InChI=1S/C19H23ClN2O4S/c1-13(2)22-19(23)14(3)26-16-8-10-17(11-9-16)27(24,25)21-12-15-6-4-5-7-18(15)20/h4-11,13-14,21H,12H2,1-3H3,(H,22,23)/t14-/m0/s1. The molecule has 8 heteroatoms. The van der Waals surface area contributed by atoms with Gasteiger partial charge in [-0.05, 0) is 56.7 Å². The van der Waals surface area contributed by atoms with Crippen molar-refractivity contribution in [2.75, 3.05) is 0 Å². The number of ether oxygens (including phenoxy) is 1. The van der Waals surface area contributed by atoms with E-state index in [1.54, 1.807) is 31.2 Å². The molecule has 0 fully saturated rings. The summed E-state index contributed by atoms with van der Waals surface area (Å²) in [4.78, 5) is 12.0. The molecule has 0 bridgehead atoms. The lowest BCUT2D eigenvalue weighted by atomic mass is 10.2. The van der Waals surface area contributed by atoms with E-state index < -0.39 is 16.1 Å². The second kappa shape index (κ2) is 9.21. The summed E-state index contributed by atoms with van der Waals surface area (Å²) in [5.74, 6) is 0.176. The third-order valence-corrected chi connectivity index (χ3v) is 5.44. The Morgan fingerprint density at radius 2 is 1.70 bits per heavy atom. The number of hydrogen-bond acceptors (Lipinski definition) is 4. The Labute approximate surface area is 164 Å². The zero-order chi connectivity index (χ0) is 20.0. The van der Waals surface area contributed by atoms with Crippen LogP contribution >= 0.6 is 11.6 Å². The minimum Gasteiger partial charge on any atom is -0.481 e. The first-order valence-electron chi connectivity index (χ1n) is 8.49. The number of sulfonamides is 1. The largest absolute Gasteiger partial charge is 0.481 e. The van der Waals surface area contributed by atoms with Crippen LogP contribution in [0.5, 0.6) is 5.75 Å². The molecule has 0 aliphatic carbocycles. The third kappa shape index (κ3) is 6.23. The Bertz CT molecular complexity index is 883. The number of carbonyl (C=O) groups excluding carboxylic acids is 1. The van der Waals surface area contributed by atoms with Crippen LogP contribution in [0.15, 0.2) is 53.4 Å². The van der Waals surface area contributed by atoms with E-state index in [9.17, 15) is 13.2 Å². The van der Waals surface area contributed by atoms with E-state index in [1.807, 2.05) is 13.8 Å². The molecule has 1 amide bonds. The van der Waals surface area contributed by atoms with E-state index >= 15 is 0 Å². The fraction of sp³-hybridized carbons (Fsp3) is 0.316. The van der Waals surface area contributed by atoms with E-state index in [1.165, 1.54) is 24.3 Å². The van der Waals surface area contributed by atoms with Crippen molar-refractivity contribution in [3.63, 3.8) is 0 Å². The molecule has 2 N–H and O–H groups in total. The molecule has 0 saturated carbocycles. The zero-order valence-corrected chi connectivity index (χ0v) is 17.0. The summed E-state index contributed by atoms with van der Waals surface area (Å²) in [6, 6.07) is 12.9. The third-order valence-electron chi connectivity index (χ3n) is 3.66. The number of carbonyl (C=O) groups is 1. The van der Waals surface area contributed by atoms with Gasteiger partial charge in [0.05, 0.1) is 4.90 Å². The first-order chi connectivity index (χ1) is 12.7.